The van der Waals surface area contributed by atoms with Crippen molar-refractivity contribution in [2.75, 3.05) is 0 Å². The van der Waals surface area contributed by atoms with Crippen molar-refractivity contribution in [3.8, 4) is 0 Å². The van der Waals surface area contributed by atoms with Crippen LogP contribution in [-0.2, 0) is 16.1 Å². The molecule has 0 radical (unpaired) electrons. The zero-order valence-corrected chi connectivity index (χ0v) is 14.7. The van der Waals surface area contributed by atoms with E-state index in [1.54, 1.807) is 26.8 Å². The molecule has 1 aromatic rings. The van der Waals surface area contributed by atoms with Crippen molar-refractivity contribution in [3.63, 3.8) is 0 Å². The van der Waals surface area contributed by atoms with Crippen molar-refractivity contribution >= 4 is 12.0 Å². The minimum absolute atomic E-state index is 0.114. The van der Waals surface area contributed by atoms with Crippen LogP contribution in [0.1, 0.15) is 52.7 Å². The lowest BCUT2D eigenvalue weighted by molar-refractivity contribution is -0.131. The summed E-state index contributed by atoms with van der Waals surface area (Å²) >= 11 is 0. The van der Waals surface area contributed by atoms with E-state index in [4.69, 9.17) is 9.26 Å². The van der Waals surface area contributed by atoms with Crippen LogP contribution in [0.2, 0.25) is 0 Å². The molecule has 24 heavy (non-hydrogen) atoms. The van der Waals surface area contributed by atoms with Crippen LogP contribution < -0.4 is 10.6 Å². The first-order chi connectivity index (χ1) is 11.2. The molecule has 0 aliphatic heterocycles. The number of amides is 2. The molecule has 1 aromatic heterocycles. The number of ether oxygens (including phenoxy) is 1. The monoisotopic (exact) mass is 341 g/mol. The summed E-state index contributed by atoms with van der Waals surface area (Å²) in [6.07, 6.45) is 1.52. The fourth-order valence-electron chi connectivity index (χ4n) is 1.99. The molecule has 1 heterocycles. The number of nitrogens with zero attached hydrogens (tertiary/aromatic N) is 1. The van der Waals surface area contributed by atoms with Gasteiger partial charge in [0.2, 0.25) is 0 Å². The number of aliphatic hydroxyl groups is 1. The van der Waals surface area contributed by atoms with Crippen molar-refractivity contribution in [2.24, 2.45) is 0 Å². The first-order valence-corrected chi connectivity index (χ1v) is 8.07. The highest BCUT2D eigenvalue weighted by Gasteiger charge is 2.29. The molecule has 8 nitrogen and oxygen atoms in total. The Hall–Kier alpha value is -2.09. The molecular weight excluding hydrogens is 314 g/mol. The highest BCUT2D eigenvalue weighted by Crippen LogP contribution is 2.10. The van der Waals surface area contributed by atoms with Gasteiger partial charge in [0.1, 0.15) is 5.60 Å². The maximum atomic E-state index is 12.1. The van der Waals surface area contributed by atoms with E-state index in [2.05, 4.69) is 15.8 Å². The van der Waals surface area contributed by atoms with Gasteiger partial charge in [-0.05, 0) is 27.2 Å². The summed E-state index contributed by atoms with van der Waals surface area (Å²) in [5.74, 6) is -0.121. The molecule has 0 fully saturated rings. The van der Waals surface area contributed by atoms with Crippen molar-refractivity contribution in [3.05, 3.63) is 18.0 Å². The van der Waals surface area contributed by atoms with Crippen molar-refractivity contribution in [1.29, 1.82) is 0 Å². The quantitative estimate of drug-likeness (QED) is 0.663. The molecule has 0 aliphatic carbocycles. The van der Waals surface area contributed by atoms with Crippen LogP contribution in [0.15, 0.2) is 16.8 Å². The second-order valence-electron chi connectivity index (χ2n) is 6.54. The smallest absolute Gasteiger partial charge is 0.407 e. The predicted octanol–water partition coefficient (Wildman–Crippen LogP) is 1.74. The van der Waals surface area contributed by atoms with Gasteiger partial charge in [-0.1, -0.05) is 24.9 Å². The molecule has 0 aromatic carbocycles. The minimum atomic E-state index is -1.38. The summed E-state index contributed by atoms with van der Waals surface area (Å²) in [6.45, 7) is 7.33. The number of aliphatic hydroxyl groups excluding tert-OH is 1. The van der Waals surface area contributed by atoms with E-state index in [0.717, 1.165) is 12.8 Å². The molecule has 0 aliphatic rings. The third-order valence-corrected chi connectivity index (χ3v) is 3.15. The van der Waals surface area contributed by atoms with Gasteiger partial charge in [-0.2, -0.15) is 0 Å². The molecule has 1 rings (SSSR count). The summed E-state index contributed by atoms with van der Waals surface area (Å²) in [4.78, 5) is 24.0. The number of carbonyl (C=O) groups excluding carboxylic acids is 2. The molecule has 0 saturated carbocycles. The molecule has 1 unspecified atom stereocenters. The molecule has 8 heteroatoms. The van der Waals surface area contributed by atoms with Gasteiger partial charge in [-0.3, -0.25) is 4.79 Å². The molecule has 2 amide bonds. The number of unbranched alkanes of at least 4 members (excludes halogenated alkanes) is 1. The lowest BCUT2D eigenvalue weighted by atomic mass is 10.0. The number of rotatable bonds is 8. The lowest BCUT2D eigenvalue weighted by Crippen LogP contribution is -2.51. The Morgan fingerprint density at radius 2 is 2.12 bits per heavy atom. The van der Waals surface area contributed by atoms with Crippen LogP contribution in [0.25, 0.3) is 0 Å². The van der Waals surface area contributed by atoms with Gasteiger partial charge >= 0.3 is 6.09 Å². The highest BCUT2D eigenvalue weighted by atomic mass is 16.6. The van der Waals surface area contributed by atoms with E-state index < -0.39 is 29.7 Å². The van der Waals surface area contributed by atoms with Gasteiger partial charge in [-0.25, -0.2) is 4.79 Å². The molecule has 3 N–H and O–H groups in total. The Morgan fingerprint density at radius 3 is 2.67 bits per heavy atom. The average Bonchev–Trinajstić information content (AvgIpc) is 2.99. The SMILES string of the molecule is CCCC[C@H](NC(=O)OC(C)(C)C)C(O)C(=O)NCc1ccno1. The molecule has 0 bridgehead atoms. The normalized spacial score (nSPS) is 13.9. The number of nitrogens with one attached hydrogen (secondary N) is 2. The first kappa shape index (κ1) is 20.0. The van der Waals surface area contributed by atoms with Crippen molar-refractivity contribution < 1.29 is 24.0 Å². The van der Waals surface area contributed by atoms with Gasteiger partial charge in [0.05, 0.1) is 18.8 Å². The number of hydrogen-bond donors (Lipinski definition) is 3. The summed E-state index contributed by atoms with van der Waals surface area (Å²) in [5.41, 5.74) is -0.654. The summed E-state index contributed by atoms with van der Waals surface area (Å²) < 4.78 is 10.1. The van der Waals surface area contributed by atoms with E-state index in [1.807, 2.05) is 6.92 Å². The Kier molecular flexibility index (Phi) is 7.70. The number of carbonyl (C=O) groups is 2. The van der Waals surface area contributed by atoms with E-state index in [9.17, 15) is 14.7 Å². The first-order valence-electron chi connectivity index (χ1n) is 8.07. The van der Waals surface area contributed by atoms with Gasteiger partial charge in [0, 0.05) is 6.07 Å². The van der Waals surface area contributed by atoms with E-state index >= 15 is 0 Å². The number of alkyl carbamates (subject to hydrolysis) is 1. The number of hydrogen-bond acceptors (Lipinski definition) is 6. The van der Waals surface area contributed by atoms with Gasteiger partial charge in [0.25, 0.3) is 5.91 Å². The zero-order valence-electron chi connectivity index (χ0n) is 14.7. The summed E-state index contributed by atoms with van der Waals surface area (Å²) in [6, 6.07) is 0.884. The topological polar surface area (TPSA) is 114 Å². The van der Waals surface area contributed by atoms with Gasteiger partial charge in [0.15, 0.2) is 11.9 Å². The Bertz CT molecular complexity index is 510. The highest BCUT2D eigenvalue weighted by molar-refractivity contribution is 5.82. The second kappa shape index (κ2) is 9.27. The standard InChI is InChI=1S/C16H27N3O5/c1-5-6-7-12(19-15(22)23-16(2,3)4)13(20)14(21)17-10-11-8-9-18-24-11/h8-9,12-13,20H,5-7,10H2,1-4H3,(H,17,21)(H,19,22)/t12-,13?/m0/s1. The molecule has 0 saturated heterocycles. The zero-order chi connectivity index (χ0) is 18.2. The minimum Gasteiger partial charge on any atom is -0.444 e. The third-order valence-electron chi connectivity index (χ3n) is 3.15. The molecule has 0 spiro atoms. The summed E-state index contributed by atoms with van der Waals surface area (Å²) in [7, 11) is 0. The Morgan fingerprint density at radius 1 is 1.42 bits per heavy atom. The van der Waals surface area contributed by atoms with Crippen molar-refractivity contribution in [2.45, 2.75) is 71.2 Å². The van der Waals surface area contributed by atoms with E-state index in [0.29, 0.717) is 12.2 Å². The Labute approximate surface area is 141 Å². The van der Waals surface area contributed by atoms with Crippen LogP contribution in [0.3, 0.4) is 0 Å². The van der Waals surface area contributed by atoms with Crippen LogP contribution in [-0.4, -0.2) is 40.0 Å². The lowest BCUT2D eigenvalue weighted by Gasteiger charge is -2.26. The maximum absolute atomic E-state index is 12.1. The third kappa shape index (κ3) is 7.45. The summed E-state index contributed by atoms with van der Waals surface area (Å²) in [5, 5.41) is 18.9. The maximum Gasteiger partial charge on any atom is 0.407 e. The fourth-order valence-corrected chi connectivity index (χ4v) is 1.99. The van der Waals surface area contributed by atoms with Crippen LogP contribution in [0.4, 0.5) is 4.79 Å². The Balaban J connectivity index is 2.60. The molecule has 2 atom stereocenters. The fraction of sp³-hybridized carbons (Fsp3) is 0.688. The van der Waals surface area contributed by atoms with E-state index in [-0.39, 0.29) is 6.54 Å². The largest absolute Gasteiger partial charge is 0.444 e. The predicted molar refractivity (Wildman–Crippen MR) is 87.0 cm³/mol. The van der Waals surface area contributed by atoms with Crippen LogP contribution in [0, 0.1) is 0 Å². The second-order valence-corrected chi connectivity index (χ2v) is 6.54. The average molecular weight is 341 g/mol. The molecule has 136 valence electrons. The van der Waals surface area contributed by atoms with Crippen LogP contribution in [0.5, 0.6) is 0 Å². The van der Waals surface area contributed by atoms with Gasteiger partial charge in [-0.15, -0.1) is 0 Å². The van der Waals surface area contributed by atoms with E-state index in [1.165, 1.54) is 6.20 Å². The van der Waals surface area contributed by atoms with Crippen molar-refractivity contribution in [1.82, 2.24) is 15.8 Å². The van der Waals surface area contributed by atoms with Gasteiger partial charge < -0.3 is 25.0 Å². The van der Waals surface area contributed by atoms with Crippen LogP contribution >= 0.6 is 0 Å². The number of aromatic nitrogens is 1. The molecular formula is C16H27N3O5.